The second kappa shape index (κ2) is 6.76. The Labute approximate surface area is 144 Å². The predicted octanol–water partition coefficient (Wildman–Crippen LogP) is 3.49. The van der Waals surface area contributed by atoms with Crippen molar-refractivity contribution in [2.45, 2.75) is 0 Å². The highest BCUT2D eigenvalue weighted by molar-refractivity contribution is 5.93. The van der Waals surface area contributed by atoms with Crippen LogP contribution >= 0.6 is 0 Å². The summed E-state index contributed by atoms with van der Waals surface area (Å²) in [4.78, 5) is 13.1. The van der Waals surface area contributed by atoms with Crippen molar-refractivity contribution >= 4 is 11.0 Å². The molecule has 3 aromatic rings. The Morgan fingerprint density at radius 2 is 1.52 bits per heavy atom. The standard InChI is InChI=1S/C19H18O6/c1-21-12-7-5-11(6-8-12)13-10-25-19-16(17(13)20)14(22-2)9-15(23-3)18(19)24-4/h5-10H,1-4H3. The molecule has 0 aliphatic heterocycles. The van der Waals surface area contributed by atoms with Crippen LogP contribution in [0.2, 0.25) is 0 Å². The highest BCUT2D eigenvalue weighted by Gasteiger charge is 2.21. The van der Waals surface area contributed by atoms with Crippen LogP contribution in [0.4, 0.5) is 0 Å². The van der Waals surface area contributed by atoms with Gasteiger partial charge in [0.25, 0.3) is 0 Å². The van der Waals surface area contributed by atoms with E-state index in [0.29, 0.717) is 39.5 Å². The number of hydrogen-bond acceptors (Lipinski definition) is 6. The molecule has 1 aromatic heterocycles. The Bertz CT molecular complexity index is 956. The Kier molecular flexibility index (Phi) is 4.52. The van der Waals surface area contributed by atoms with E-state index in [0.717, 1.165) is 0 Å². The summed E-state index contributed by atoms with van der Waals surface area (Å²) in [5.41, 5.74) is 1.19. The van der Waals surface area contributed by atoms with Crippen LogP contribution in [0.3, 0.4) is 0 Å². The van der Waals surface area contributed by atoms with E-state index in [4.69, 9.17) is 23.4 Å². The molecule has 0 saturated heterocycles. The molecular weight excluding hydrogens is 324 g/mol. The summed E-state index contributed by atoms with van der Waals surface area (Å²) in [6.45, 7) is 0. The Balaban J connectivity index is 2.30. The van der Waals surface area contributed by atoms with E-state index in [-0.39, 0.29) is 11.0 Å². The van der Waals surface area contributed by atoms with Crippen LogP contribution in [0.25, 0.3) is 22.1 Å². The summed E-state index contributed by atoms with van der Waals surface area (Å²) in [6.07, 6.45) is 1.41. The highest BCUT2D eigenvalue weighted by Crippen LogP contribution is 2.40. The molecule has 0 radical (unpaired) electrons. The lowest BCUT2D eigenvalue weighted by molar-refractivity contribution is 0.348. The molecule has 0 atom stereocenters. The zero-order valence-corrected chi connectivity index (χ0v) is 14.4. The molecule has 3 rings (SSSR count). The number of fused-ring (bicyclic) bond motifs is 1. The van der Waals surface area contributed by atoms with Gasteiger partial charge in [0.05, 0.1) is 34.0 Å². The average molecular weight is 342 g/mol. The SMILES string of the molecule is COc1ccc(-c2coc3c(OC)c(OC)cc(OC)c3c2=O)cc1. The molecule has 0 spiro atoms. The van der Waals surface area contributed by atoms with Gasteiger partial charge in [0.15, 0.2) is 11.3 Å². The minimum Gasteiger partial charge on any atom is -0.497 e. The van der Waals surface area contributed by atoms with E-state index in [1.807, 2.05) is 0 Å². The number of rotatable bonds is 5. The lowest BCUT2D eigenvalue weighted by Gasteiger charge is -2.13. The van der Waals surface area contributed by atoms with Crippen LogP contribution in [0.1, 0.15) is 0 Å². The largest absolute Gasteiger partial charge is 0.497 e. The topological polar surface area (TPSA) is 67.1 Å². The van der Waals surface area contributed by atoms with Crippen molar-refractivity contribution in [3.8, 4) is 34.1 Å². The van der Waals surface area contributed by atoms with Gasteiger partial charge in [-0.3, -0.25) is 4.79 Å². The van der Waals surface area contributed by atoms with Gasteiger partial charge in [0.1, 0.15) is 23.1 Å². The fourth-order valence-electron chi connectivity index (χ4n) is 2.70. The molecule has 0 aliphatic carbocycles. The Morgan fingerprint density at radius 1 is 0.840 bits per heavy atom. The number of methoxy groups -OCH3 is 4. The molecule has 0 bridgehead atoms. The van der Waals surface area contributed by atoms with Crippen molar-refractivity contribution in [3.63, 3.8) is 0 Å². The monoisotopic (exact) mass is 342 g/mol. The van der Waals surface area contributed by atoms with E-state index < -0.39 is 0 Å². The first kappa shape index (κ1) is 16.7. The number of ether oxygens (including phenoxy) is 4. The van der Waals surface area contributed by atoms with Crippen LogP contribution in [0, 0.1) is 0 Å². The molecule has 0 N–H and O–H groups in total. The quantitative estimate of drug-likeness (QED) is 0.707. The van der Waals surface area contributed by atoms with Gasteiger partial charge >= 0.3 is 0 Å². The van der Waals surface area contributed by atoms with E-state index in [9.17, 15) is 4.79 Å². The summed E-state index contributed by atoms with van der Waals surface area (Å²) >= 11 is 0. The third-order valence-corrected chi connectivity index (χ3v) is 3.98. The third-order valence-electron chi connectivity index (χ3n) is 3.98. The molecule has 0 saturated carbocycles. The van der Waals surface area contributed by atoms with E-state index in [1.54, 1.807) is 37.4 Å². The molecule has 25 heavy (non-hydrogen) atoms. The summed E-state index contributed by atoms with van der Waals surface area (Å²) in [5, 5.41) is 0.300. The lowest BCUT2D eigenvalue weighted by Crippen LogP contribution is -2.08. The van der Waals surface area contributed by atoms with Crippen molar-refractivity contribution in [1.29, 1.82) is 0 Å². The van der Waals surface area contributed by atoms with Gasteiger partial charge in [-0.25, -0.2) is 0 Å². The maximum absolute atomic E-state index is 13.1. The maximum atomic E-state index is 13.1. The second-order valence-electron chi connectivity index (χ2n) is 5.23. The lowest BCUT2D eigenvalue weighted by atomic mass is 10.0. The van der Waals surface area contributed by atoms with Crippen LogP contribution in [0.15, 0.2) is 45.8 Å². The summed E-state index contributed by atoms with van der Waals surface area (Å²) in [6, 6.07) is 8.76. The molecule has 0 fully saturated rings. The zero-order chi connectivity index (χ0) is 18.0. The Hall–Kier alpha value is -3.15. The van der Waals surface area contributed by atoms with Crippen molar-refractivity contribution in [3.05, 3.63) is 46.8 Å². The van der Waals surface area contributed by atoms with Crippen LogP contribution in [0.5, 0.6) is 23.0 Å². The molecule has 1 heterocycles. The minimum absolute atomic E-state index is 0.218. The highest BCUT2D eigenvalue weighted by atomic mass is 16.5. The van der Waals surface area contributed by atoms with Crippen molar-refractivity contribution in [2.75, 3.05) is 28.4 Å². The maximum Gasteiger partial charge on any atom is 0.204 e. The summed E-state index contributed by atoms with van der Waals surface area (Å²) in [5.74, 6) is 1.83. The first-order valence-electron chi connectivity index (χ1n) is 7.53. The zero-order valence-electron chi connectivity index (χ0n) is 14.4. The van der Waals surface area contributed by atoms with Crippen LogP contribution in [-0.4, -0.2) is 28.4 Å². The number of hydrogen-bond donors (Lipinski definition) is 0. The van der Waals surface area contributed by atoms with Gasteiger partial charge in [-0.1, -0.05) is 12.1 Å². The molecule has 6 nitrogen and oxygen atoms in total. The van der Waals surface area contributed by atoms with Gasteiger partial charge in [-0.15, -0.1) is 0 Å². The normalized spacial score (nSPS) is 10.6. The van der Waals surface area contributed by atoms with Crippen molar-refractivity contribution in [1.82, 2.24) is 0 Å². The smallest absolute Gasteiger partial charge is 0.204 e. The number of benzene rings is 2. The van der Waals surface area contributed by atoms with Crippen molar-refractivity contribution in [2.24, 2.45) is 0 Å². The molecule has 130 valence electrons. The first-order valence-corrected chi connectivity index (χ1v) is 7.53. The molecular formula is C19H18O6. The van der Waals surface area contributed by atoms with E-state index in [2.05, 4.69) is 0 Å². The summed E-state index contributed by atoms with van der Waals surface area (Å²) < 4.78 is 26.9. The third kappa shape index (κ3) is 2.76. The second-order valence-corrected chi connectivity index (χ2v) is 5.23. The molecule has 2 aromatic carbocycles. The van der Waals surface area contributed by atoms with Gasteiger partial charge in [-0.05, 0) is 17.7 Å². The van der Waals surface area contributed by atoms with E-state index in [1.165, 1.54) is 27.6 Å². The first-order chi connectivity index (χ1) is 12.1. The van der Waals surface area contributed by atoms with Gasteiger partial charge < -0.3 is 23.4 Å². The fraction of sp³-hybridized carbons (Fsp3) is 0.211. The average Bonchev–Trinajstić information content (AvgIpc) is 2.67. The minimum atomic E-state index is -0.218. The summed E-state index contributed by atoms with van der Waals surface area (Å²) in [7, 11) is 6.07. The molecule has 6 heteroatoms. The van der Waals surface area contributed by atoms with Crippen LogP contribution in [-0.2, 0) is 0 Å². The molecule has 0 unspecified atom stereocenters. The van der Waals surface area contributed by atoms with E-state index >= 15 is 0 Å². The molecule has 0 amide bonds. The predicted molar refractivity (Wildman–Crippen MR) is 94.1 cm³/mol. The van der Waals surface area contributed by atoms with Crippen LogP contribution < -0.4 is 24.4 Å². The van der Waals surface area contributed by atoms with Gasteiger partial charge in [-0.2, -0.15) is 0 Å². The Morgan fingerprint density at radius 3 is 2.08 bits per heavy atom. The fourth-order valence-corrected chi connectivity index (χ4v) is 2.70. The van der Waals surface area contributed by atoms with Gasteiger partial charge in [0.2, 0.25) is 11.2 Å². The van der Waals surface area contributed by atoms with Crippen molar-refractivity contribution < 1.29 is 23.4 Å². The van der Waals surface area contributed by atoms with Gasteiger partial charge in [0, 0.05) is 6.07 Å². The molecule has 0 aliphatic rings.